The molecule has 3 amide bonds. The van der Waals surface area contributed by atoms with Crippen LogP contribution in [0.3, 0.4) is 0 Å². The van der Waals surface area contributed by atoms with Gasteiger partial charge in [0.1, 0.15) is 12.1 Å². The van der Waals surface area contributed by atoms with Crippen molar-refractivity contribution in [2.24, 2.45) is 0 Å². The average Bonchev–Trinajstić information content (AvgIpc) is 3.50. The van der Waals surface area contributed by atoms with Gasteiger partial charge in [-0.2, -0.15) is 0 Å². The number of aromatic nitrogens is 1. The highest BCUT2D eigenvalue weighted by Gasteiger charge is 2.29. The third-order valence-electron chi connectivity index (χ3n) is 5.81. The van der Waals surface area contributed by atoms with E-state index in [1.165, 1.54) is 0 Å². The summed E-state index contributed by atoms with van der Waals surface area (Å²) >= 11 is 0. The fourth-order valence-electron chi connectivity index (χ4n) is 3.97. The van der Waals surface area contributed by atoms with Crippen LogP contribution in [-0.4, -0.2) is 76.1 Å². The van der Waals surface area contributed by atoms with E-state index in [2.05, 4.69) is 26.3 Å². The zero-order chi connectivity index (χ0) is 25.4. The SMILES string of the molecule is O=C(O)CCC(NC(=O)CNC(=O)C(Cc1c[nH]c2ccccc12)NC(=O)C1CCCN1)C(=O)O. The van der Waals surface area contributed by atoms with Gasteiger partial charge in [0, 0.05) is 29.9 Å². The summed E-state index contributed by atoms with van der Waals surface area (Å²) < 4.78 is 0. The molecule has 0 bridgehead atoms. The Hall–Kier alpha value is -3.93. The summed E-state index contributed by atoms with van der Waals surface area (Å²) in [5.74, 6) is -4.27. The Morgan fingerprint density at radius 3 is 2.51 bits per heavy atom. The van der Waals surface area contributed by atoms with Crippen LogP contribution in [-0.2, 0) is 30.4 Å². The van der Waals surface area contributed by atoms with Gasteiger partial charge in [0.2, 0.25) is 17.7 Å². The number of nitrogens with one attached hydrogen (secondary N) is 5. The molecular formula is C23H29N5O7. The summed E-state index contributed by atoms with van der Waals surface area (Å²) in [7, 11) is 0. The Bertz CT molecular complexity index is 1090. The van der Waals surface area contributed by atoms with Crippen LogP contribution in [0.4, 0.5) is 0 Å². The quantitative estimate of drug-likeness (QED) is 0.208. The molecule has 1 aliphatic rings. The van der Waals surface area contributed by atoms with E-state index in [-0.39, 0.29) is 18.7 Å². The number of hydrogen-bond acceptors (Lipinski definition) is 6. The third kappa shape index (κ3) is 7.27. The van der Waals surface area contributed by atoms with Gasteiger partial charge in [-0.25, -0.2) is 4.79 Å². The van der Waals surface area contributed by atoms with Crippen LogP contribution in [0.5, 0.6) is 0 Å². The molecule has 12 nitrogen and oxygen atoms in total. The summed E-state index contributed by atoms with van der Waals surface area (Å²) in [5, 5.41) is 29.3. The van der Waals surface area contributed by atoms with Crippen LogP contribution in [0.2, 0.25) is 0 Å². The van der Waals surface area contributed by atoms with Crippen molar-refractivity contribution in [2.45, 2.75) is 50.2 Å². The van der Waals surface area contributed by atoms with Crippen molar-refractivity contribution in [3.05, 3.63) is 36.0 Å². The van der Waals surface area contributed by atoms with Crippen molar-refractivity contribution < 1.29 is 34.2 Å². The Morgan fingerprint density at radius 1 is 1.06 bits per heavy atom. The van der Waals surface area contributed by atoms with Gasteiger partial charge >= 0.3 is 11.9 Å². The summed E-state index contributed by atoms with van der Waals surface area (Å²) in [4.78, 5) is 63.0. The maximum Gasteiger partial charge on any atom is 0.326 e. The largest absolute Gasteiger partial charge is 0.481 e. The predicted octanol–water partition coefficient (Wildman–Crippen LogP) is -0.502. The Kier molecular flexibility index (Phi) is 8.79. The van der Waals surface area contributed by atoms with Gasteiger partial charge in [0.25, 0.3) is 0 Å². The number of rotatable bonds is 12. The minimum atomic E-state index is -1.40. The molecule has 7 N–H and O–H groups in total. The lowest BCUT2D eigenvalue weighted by Crippen LogP contribution is -2.54. The van der Waals surface area contributed by atoms with E-state index in [4.69, 9.17) is 5.11 Å². The lowest BCUT2D eigenvalue weighted by atomic mass is 10.0. The minimum absolute atomic E-state index is 0.173. The first kappa shape index (κ1) is 25.7. The molecular weight excluding hydrogens is 458 g/mol. The normalized spacial score (nSPS) is 16.9. The van der Waals surface area contributed by atoms with Crippen LogP contribution in [0.15, 0.2) is 30.5 Å². The standard InChI is InChI=1S/C23H29N5O7/c29-19(27-17(23(34)35)7-8-20(30)31)12-26-21(32)18(28-22(33)16-6-3-9-24-16)10-13-11-25-15-5-2-1-4-14(13)15/h1-2,4-5,11,16-18,24-25H,3,6-10,12H2,(H,26,32)(H,27,29)(H,28,33)(H,30,31)(H,34,35). The molecule has 188 valence electrons. The second-order valence-electron chi connectivity index (χ2n) is 8.38. The van der Waals surface area contributed by atoms with Crippen molar-refractivity contribution in [1.82, 2.24) is 26.3 Å². The van der Waals surface area contributed by atoms with E-state index in [0.29, 0.717) is 13.0 Å². The molecule has 12 heteroatoms. The molecule has 2 heterocycles. The highest BCUT2D eigenvalue weighted by molar-refractivity contribution is 5.93. The van der Waals surface area contributed by atoms with Crippen LogP contribution < -0.4 is 21.3 Å². The van der Waals surface area contributed by atoms with Crippen LogP contribution in [0, 0.1) is 0 Å². The average molecular weight is 488 g/mol. The molecule has 1 aromatic heterocycles. The topological polar surface area (TPSA) is 190 Å². The fraction of sp³-hybridized carbons (Fsp3) is 0.435. The smallest absolute Gasteiger partial charge is 0.326 e. The van der Waals surface area contributed by atoms with Crippen molar-refractivity contribution in [1.29, 1.82) is 0 Å². The Balaban J connectivity index is 1.65. The van der Waals surface area contributed by atoms with Gasteiger partial charge in [-0.3, -0.25) is 19.2 Å². The number of carbonyl (C=O) groups is 5. The number of aliphatic carboxylic acids is 2. The number of benzene rings is 1. The van der Waals surface area contributed by atoms with Crippen molar-refractivity contribution in [2.75, 3.05) is 13.1 Å². The van der Waals surface area contributed by atoms with Gasteiger partial charge in [-0.15, -0.1) is 0 Å². The van der Waals surface area contributed by atoms with E-state index >= 15 is 0 Å². The minimum Gasteiger partial charge on any atom is -0.481 e. The molecule has 0 aliphatic carbocycles. The van der Waals surface area contributed by atoms with E-state index in [9.17, 15) is 29.1 Å². The van der Waals surface area contributed by atoms with E-state index in [0.717, 1.165) is 22.9 Å². The summed E-state index contributed by atoms with van der Waals surface area (Å²) in [6.07, 6.45) is 2.71. The number of carboxylic acid groups (broad SMARTS) is 2. The Labute approximate surface area is 200 Å². The fourth-order valence-corrected chi connectivity index (χ4v) is 3.97. The molecule has 0 spiro atoms. The molecule has 0 saturated carbocycles. The molecule has 35 heavy (non-hydrogen) atoms. The first-order chi connectivity index (χ1) is 16.7. The van der Waals surface area contributed by atoms with E-state index in [1.54, 1.807) is 6.20 Å². The maximum atomic E-state index is 13.0. The molecule has 1 aliphatic heterocycles. The molecule has 0 radical (unpaired) electrons. The summed E-state index contributed by atoms with van der Waals surface area (Å²) in [6, 6.07) is 4.76. The number of H-pyrrole nitrogens is 1. The number of para-hydroxylation sites is 1. The molecule has 3 atom stereocenters. The van der Waals surface area contributed by atoms with Crippen molar-refractivity contribution in [3.8, 4) is 0 Å². The van der Waals surface area contributed by atoms with Gasteiger partial charge in [0.15, 0.2) is 0 Å². The molecule has 3 rings (SSSR count). The number of amides is 3. The first-order valence-electron chi connectivity index (χ1n) is 11.3. The lowest BCUT2D eigenvalue weighted by molar-refractivity contribution is -0.143. The van der Waals surface area contributed by atoms with Crippen molar-refractivity contribution in [3.63, 3.8) is 0 Å². The zero-order valence-corrected chi connectivity index (χ0v) is 19.0. The monoisotopic (exact) mass is 487 g/mol. The van der Waals surface area contributed by atoms with E-state index in [1.807, 2.05) is 24.3 Å². The predicted molar refractivity (Wildman–Crippen MR) is 124 cm³/mol. The van der Waals surface area contributed by atoms with Gasteiger partial charge < -0.3 is 36.5 Å². The second-order valence-corrected chi connectivity index (χ2v) is 8.38. The van der Waals surface area contributed by atoms with E-state index < -0.39 is 54.8 Å². The highest BCUT2D eigenvalue weighted by Crippen LogP contribution is 2.19. The Morgan fingerprint density at radius 2 is 1.83 bits per heavy atom. The second kappa shape index (κ2) is 12.0. The van der Waals surface area contributed by atoms with Crippen LogP contribution in [0.1, 0.15) is 31.2 Å². The van der Waals surface area contributed by atoms with Gasteiger partial charge in [-0.05, 0) is 37.4 Å². The number of fused-ring (bicyclic) bond motifs is 1. The molecule has 3 unspecified atom stereocenters. The van der Waals surface area contributed by atoms with Crippen LogP contribution >= 0.6 is 0 Å². The molecule has 2 aromatic rings. The lowest BCUT2D eigenvalue weighted by Gasteiger charge is -2.21. The zero-order valence-electron chi connectivity index (χ0n) is 19.0. The summed E-state index contributed by atoms with van der Waals surface area (Å²) in [5.41, 5.74) is 1.69. The van der Waals surface area contributed by atoms with Crippen molar-refractivity contribution >= 4 is 40.6 Å². The number of carboxylic acids is 2. The number of hydrogen-bond donors (Lipinski definition) is 7. The molecule has 1 saturated heterocycles. The number of carbonyl (C=O) groups excluding carboxylic acids is 3. The van der Waals surface area contributed by atoms with Crippen LogP contribution in [0.25, 0.3) is 10.9 Å². The first-order valence-corrected chi connectivity index (χ1v) is 11.3. The third-order valence-corrected chi connectivity index (χ3v) is 5.81. The molecule has 1 fully saturated rings. The van der Waals surface area contributed by atoms with Gasteiger partial charge in [0.05, 0.1) is 12.6 Å². The number of aromatic amines is 1. The maximum absolute atomic E-state index is 13.0. The van der Waals surface area contributed by atoms with Gasteiger partial charge in [-0.1, -0.05) is 18.2 Å². The molecule has 1 aromatic carbocycles. The summed E-state index contributed by atoms with van der Waals surface area (Å²) in [6.45, 7) is 0.182. The highest BCUT2D eigenvalue weighted by atomic mass is 16.4.